The molecule has 0 saturated heterocycles. The average molecular weight is 269 g/mol. The second kappa shape index (κ2) is 4.34. The van der Waals surface area contributed by atoms with Gasteiger partial charge in [0.25, 0.3) is 0 Å². The first-order chi connectivity index (χ1) is 9.58. The predicted molar refractivity (Wildman–Crippen MR) is 73.3 cm³/mol. The van der Waals surface area contributed by atoms with Gasteiger partial charge in [0.05, 0.1) is 11.3 Å². The molecule has 0 aliphatic heterocycles. The van der Waals surface area contributed by atoms with Crippen molar-refractivity contribution >= 4 is 22.8 Å². The molecule has 6 nitrogen and oxygen atoms in total. The predicted octanol–water partition coefficient (Wildman–Crippen LogP) is 2.48. The van der Waals surface area contributed by atoms with Crippen molar-refractivity contribution in [1.82, 2.24) is 9.97 Å². The van der Waals surface area contributed by atoms with Gasteiger partial charge in [0.15, 0.2) is 5.82 Å². The van der Waals surface area contributed by atoms with E-state index in [2.05, 4.69) is 9.97 Å². The van der Waals surface area contributed by atoms with Gasteiger partial charge in [0.1, 0.15) is 23.2 Å². The number of carboxylic acid groups (broad SMARTS) is 1. The van der Waals surface area contributed by atoms with Crippen molar-refractivity contribution < 1.29 is 14.3 Å². The van der Waals surface area contributed by atoms with Crippen LogP contribution in [0.2, 0.25) is 0 Å². The molecule has 6 heteroatoms. The van der Waals surface area contributed by atoms with Crippen molar-refractivity contribution in [2.24, 2.45) is 0 Å². The Morgan fingerprint density at radius 1 is 1.30 bits per heavy atom. The van der Waals surface area contributed by atoms with Gasteiger partial charge in [-0.15, -0.1) is 0 Å². The summed E-state index contributed by atoms with van der Waals surface area (Å²) in [4.78, 5) is 19.4. The van der Waals surface area contributed by atoms with Crippen LogP contribution in [0.25, 0.3) is 22.4 Å². The molecule has 0 aliphatic rings. The van der Waals surface area contributed by atoms with Crippen LogP contribution in [0.3, 0.4) is 0 Å². The SMILES string of the molecule is Cc1nc(-c2coc3ccccc23)nc(N)c1C(=O)O. The molecule has 0 spiro atoms. The number of para-hydroxylation sites is 1. The number of fused-ring (bicyclic) bond motifs is 1. The number of rotatable bonds is 2. The molecule has 3 N–H and O–H groups in total. The number of anilines is 1. The summed E-state index contributed by atoms with van der Waals surface area (Å²) in [5, 5.41) is 9.92. The van der Waals surface area contributed by atoms with Crippen LogP contribution in [0.15, 0.2) is 34.9 Å². The highest BCUT2D eigenvalue weighted by molar-refractivity contribution is 5.95. The van der Waals surface area contributed by atoms with Crippen LogP contribution >= 0.6 is 0 Å². The Morgan fingerprint density at radius 3 is 2.75 bits per heavy atom. The number of hydrogen-bond acceptors (Lipinski definition) is 5. The van der Waals surface area contributed by atoms with Crippen molar-refractivity contribution in [1.29, 1.82) is 0 Å². The maximum absolute atomic E-state index is 11.1. The smallest absolute Gasteiger partial charge is 0.341 e. The lowest BCUT2D eigenvalue weighted by Crippen LogP contribution is -2.10. The van der Waals surface area contributed by atoms with Crippen LogP contribution in [0.4, 0.5) is 5.82 Å². The molecular weight excluding hydrogens is 258 g/mol. The Kier molecular flexibility index (Phi) is 2.64. The van der Waals surface area contributed by atoms with E-state index in [1.165, 1.54) is 0 Å². The molecule has 0 radical (unpaired) electrons. The highest BCUT2D eigenvalue weighted by Gasteiger charge is 2.18. The molecule has 0 saturated carbocycles. The van der Waals surface area contributed by atoms with E-state index in [9.17, 15) is 4.79 Å². The quantitative estimate of drug-likeness (QED) is 0.740. The Labute approximate surface area is 113 Å². The van der Waals surface area contributed by atoms with Crippen molar-refractivity contribution in [3.8, 4) is 11.4 Å². The zero-order valence-electron chi connectivity index (χ0n) is 10.6. The zero-order chi connectivity index (χ0) is 14.3. The molecule has 3 rings (SSSR count). The maximum atomic E-state index is 11.1. The molecule has 0 bridgehead atoms. The van der Waals surface area contributed by atoms with Crippen molar-refractivity contribution in [3.05, 3.63) is 41.8 Å². The van der Waals surface area contributed by atoms with Crippen LogP contribution in [0.1, 0.15) is 16.1 Å². The van der Waals surface area contributed by atoms with Gasteiger partial charge in [-0.2, -0.15) is 0 Å². The standard InChI is InChI=1S/C14H11N3O3/c1-7-11(14(18)19)12(15)17-13(16-7)9-6-20-10-5-3-2-4-8(9)10/h2-6H,1H3,(H,18,19)(H2,15,16,17). The number of nitrogens with zero attached hydrogens (tertiary/aromatic N) is 2. The summed E-state index contributed by atoms with van der Waals surface area (Å²) in [6, 6.07) is 7.46. The minimum atomic E-state index is -1.14. The van der Waals surface area contributed by atoms with Crippen LogP contribution in [0, 0.1) is 6.92 Å². The second-order valence-corrected chi connectivity index (χ2v) is 4.34. The monoisotopic (exact) mass is 269 g/mol. The molecular formula is C14H11N3O3. The highest BCUT2D eigenvalue weighted by atomic mass is 16.4. The number of benzene rings is 1. The summed E-state index contributed by atoms with van der Waals surface area (Å²) in [5.41, 5.74) is 7.37. The van der Waals surface area contributed by atoms with E-state index in [0.717, 1.165) is 5.39 Å². The van der Waals surface area contributed by atoms with Crippen LogP contribution < -0.4 is 5.73 Å². The normalized spacial score (nSPS) is 10.8. The number of carboxylic acids is 1. The number of aromatic nitrogens is 2. The van der Waals surface area contributed by atoms with Crippen molar-refractivity contribution in [2.75, 3.05) is 5.73 Å². The fourth-order valence-corrected chi connectivity index (χ4v) is 2.13. The van der Waals surface area contributed by atoms with Gasteiger partial charge in [-0.3, -0.25) is 0 Å². The van der Waals surface area contributed by atoms with Crippen LogP contribution in [0.5, 0.6) is 0 Å². The van der Waals surface area contributed by atoms with Gasteiger partial charge >= 0.3 is 5.97 Å². The summed E-state index contributed by atoms with van der Waals surface area (Å²) in [7, 11) is 0. The number of aromatic carboxylic acids is 1. The van der Waals surface area contributed by atoms with Crippen LogP contribution in [-0.4, -0.2) is 21.0 Å². The van der Waals surface area contributed by atoms with E-state index in [1.807, 2.05) is 24.3 Å². The Morgan fingerprint density at radius 2 is 2.05 bits per heavy atom. The molecule has 0 aliphatic carbocycles. The summed E-state index contributed by atoms with van der Waals surface area (Å²) in [6.07, 6.45) is 1.54. The molecule has 0 unspecified atom stereocenters. The summed E-state index contributed by atoms with van der Waals surface area (Å²) in [6.45, 7) is 1.59. The van der Waals surface area contributed by atoms with Gasteiger partial charge in [0.2, 0.25) is 0 Å². The van der Waals surface area contributed by atoms with Crippen molar-refractivity contribution in [2.45, 2.75) is 6.92 Å². The fourth-order valence-electron chi connectivity index (χ4n) is 2.13. The van der Waals surface area contributed by atoms with Gasteiger partial charge in [-0.25, -0.2) is 14.8 Å². The zero-order valence-corrected chi connectivity index (χ0v) is 10.6. The van der Waals surface area contributed by atoms with Crippen LogP contribution in [-0.2, 0) is 0 Å². The van der Waals surface area contributed by atoms with E-state index in [4.69, 9.17) is 15.3 Å². The summed E-state index contributed by atoms with van der Waals surface area (Å²) < 4.78 is 5.42. The lowest BCUT2D eigenvalue weighted by Gasteiger charge is -2.06. The summed E-state index contributed by atoms with van der Waals surface area (Å²) in [5.74, 6) is -0.830. The summed E-state index contributed by atoms with van der Waals surface area (Å²) >= 11 is 0. The molecule has 20 heavy (non-hydrogen) atoms. The minimum Gasteiger partial charge on any atom is -0.477 e. The third-order valence-corrected chi connectivity index (χ3v) is 3.05. The number of aryl methyl sites for hydroxylation is 1. The number of nitrogens with two attached hydrogens (primary N) is 1. The molecule has 0 fully saturated rings. The number of furan rings is 1. The minimum absolute atomic E-state index is 0.0507. The number of nitrogen functional groups attached to an aromatic ring is 1. The first-order valence-corrected chi connectivity index (χ1v) is 5.92. The van der Waals surface area contributed by atoms with E-state index in [-0.39, 0.29) is 11.4 Å². The largest absolute Gasteiger partial charge is 0.477 e. The average Bonchev–Trinajstić information content (AvgIpc) is 2.81. The molecule has 0 amide bonds. The Balaban J connectivity index is 2.23. The molecule has 0 atom stereocenters. The molecule has 100 valence electrons. The van der Waals surface area contributed by atoms with Crippen molar-refractivity contribution in [3.63, 3.8) is 0 Å². The third-order valence-electron chi connectivity index (χ3n) is 3.05. The van der Waals surface area contributed by atoms with E-state index < -0.39 is 5.97 Å². The number of hydrogen-bond donors (Lipinski definition) is 2. The topological polar surface area (TPSA) is 102 Å². The Bertz CT molecular complexity index is 800. The van der Waals surface area contributed by atoms with E-state index in [0.29, 0.717) is 22.7 Å². The Hall–Kier alpha value is -2.89. The lowest BCUT2D eigenvalue weighted by molar-refractivity contribution is 0.0696. The van der Waals surface area contributed by atoms with Gasteiger partial charge in [0, 0.05) is 5.39 Å². The first-order valence-electron chi connectivity index (χ1n) is 5.92. The highest BCUT2D eigenvalue weighted by Crippen LogP contribution is 2.29. The maximum Gasteiger partial charge on any atom is 0.341 e. The molecule has 3 aromatic rings. The molecule has 1 aromatic carbocycles. The fraction of sp³-hybridized carbons (Fsp3) is 0.0714. The second-order valence-electron chi connectivity index (χ2n) is 4.34. The van der Waals surface area contributed by atoms with Gasteiger partial charge in [-0.05, 0) is 13.0 Å². The van der Waals surface area contributed by atoms with Gasteiger partial charge in [-0.1, -0.05) is 18.2 Å². The van der Waals surface area contributed by atoms with Gasteiger partial charge < -0.3 is 15.3 Å². The molecule has 2 heterocycles. The first kappa shape index (κ1) is 12.2. The lowest BCUT2D eigenvalue weighted by atomic mass is 10.1. The molecule has 2 aromatic heterocycles. The number of carbonyl (C=O) groups is 1. The van der Waals surface area contributed by atoms with E-state index in [1.54, 1.807) is 13.2 Å². The third kappa shape index (κ3) is 1.78. The van der Waals surface area contributed by atoms with E-state index >= 15 is 0 Å².